The zero-order chi connectivity index (χ0) is 13.1. The Morgan fingerprint density at radius 2 is 1.27 bits per heavy atom. The second kappa shape index (κ2) is 11.4. The number of thioether (sulfide) groups is 1. The van der Waals surface area contributed by atoms with Crippen molar-refractivity contribution >= 4 is 47.0 Å². The van der Waals surface area contributed by atoms with E-state index in [1.807, 2.05) is 0 Å². The lowest BCUT2D eigenvalue weighted by Gasteiger charge is -1.98. The van der Waals surface area contributed by atoms with Crippen molar-refractivity contribution in [2.75, 3.05) is 11.9 Å². The molecule has 0 atom stereocenters. The fourth-order valence-electron chi connectivity index (χ4n) is 0.0732. The molecule has 0 aromatic heterocycles. The molecule has 0 bridgehead atoms. The van der Waals surface area contributed by atoms with Crippen LogP contribution in [0.1, 0.15) is 0 Å². The molecular weight excluding hydrogens is 385 g/mol. The maximum atomic E-state index is 10.9. The molecule has 0 unspecified atom stereocenters. The Bertz CT molecular complexity index is 123. The van der Waals surface area contributed by atoms with E-state index < -0.39 is 27.4 Å². The SMILES string of the molecule is FC(F)(F)I.OCS.OCSC(F)(F)F. The van der Waals surface area contributed by atoms with Crippen molar-refractivity contribution in [1.82, 2.24) is 0 Å². The van der Waals surface area contributed by atoms with Crippen LogP contribution in [0.4, 0.5) is 26.3 Å². The van der Waals surface area contributed by atoms with Crippen LogP contribution < -0.4 is 0 Å². The first-order valence-corrected chi connectivity index (χ1v) is 5.46. The van der Waals surface area contributed by atoms with Gasteiger partial charge in [0.2, 0.25) is 0 Å². The highest BCUT2D eigenvalue weighted by Crippen LogP contribution is 2.28. The summed E-state index contributed by atoms with van der Waals surface area (Å²) < 4.78 is 59.6. The van der Waals surface area contributed by atoms with Crippen molar-refractivity contribution in [3.8, 4) is 0 Å². The number of thiol groups is 1. The van der Waals surface area contributed by atoms with E-state index in [-0.39, 0.29) is 5.94 Å². The normalized spacial score (nSPS) is 10.8. The molecule has 15 heavy (non-hydrogen) atoms. The maximum absolute atomic E-state index is 10.9. The third kappa shape index (κ3) is 103. The van der Waals surface area contributed by atoms with Crippen LogP contribution in [0, 0.1) is 0 Å². The molecule has 0 aromatic rings. The van der Waals surface area contributed by atoms with Gasteiger partial charge in [0, 0.05) is 22.6 Å². The summed E-state index contributed by atoms with van der Waals surface area (Å²) in [6.45, 7) is 0. The Kier molecular flexibility index (Phi) is 16.2. The second-order valence-corrected chi connectivity index (χ2v) is 3.80. The van der Waals surface area contributed by atoms with Crippen molar-refractivity contribution in [2.45, 2.75) is 9.69 Å². The van der Waals surface area contributed by atoms with Gasteiger partial charge in [-0.25, -0.2) is 0 Å². The highest BCUT2D eigenvalue weighted by molar-refractivity contribution is 14.1. The van der Waals surface area contributed by atoms with Gasteiger partial charge in [-0.2, -0.15) is 39.0 Å². The zero-order valence-corrected chi connectivity index (χ0v) is 10.7. The molecule has 0 amide bonds. The fourth-order valence-corrected chi connectivity index (χ4v) is 0.220. The van der Waals surface area contributed by atoms with Gasteiger partial charge in [-0.1, -0.05) is 0 Å². The molecule has 11 heteroatoms. The van der Waals surface area contributed by atoms with E-state index in [2.05, 4.69) is 12.6 Å². The Morgan fingerprint density at radius 1 is 1.07 bits per heavy atom. The summed E-state index contributed by atoms with van der Waals surface area (Å²) in [6.07, 6.45) is 0. The molecular formula is C4H7F6IO2S2. The van der Waals surface area contributed by atoms with Gasteiger partial charge in [0.15, 0.2) is 0 Å². The number of hydrogen-bond acceptors (Lipinski definition) is 4. The van der Waals surface area contributed by atoms with E-state index >= 15 is 0 Å². The minimum Gasteiger partial charge on any atom is -0.386 e. The maximum Gasteiger partial charge on any atom is 0.443 e. The molecule has 0 aliphatic heterocycles. The summed E-state index contributed by atoms with van der Waals surface area (Å²) in [5.74, 6) is -0.955. The minimum atomic E-state index is -4.28. The number of halogens is 7. The topological polar surface area (TPSA) is 40.5 Å². The second-order valence-electron chi connectivity index (χ2n) is 1.29. The molecule has 0 aliphatic carbocycles. The molecule has 0 aliphatic rings. The van der Waals surface area contributed by atoms with Crippen molar-refractivity contribution in [3.05, 3.63) is 0 Å². The first-order valence-electron chi connectivity index (χ1n) is 2.76. The quantitative estimate of drug-likeness (QED) is 0.211. The van der Waals surface area contributed by atoms with Crippen LogP contribution in [0.25, 0.3) is 0 Å². The monoisotopic (exact) mass is 392 g/mol. The van der Waals surface area contributed by atoms with Gasteiger partial charge < -0.3 is 10.2 Å². The third-order valence-corrected chi connectivity index (χ3v) is 0.685. The van der Waals surface area contributed by atoms with Crippen LogP contribution >= 0.6 is 47.0 Å². The van der Waals surface area contributed by atoms with Gasteiger partial charge in [0.1, 0.15) is 0 Å². The number of aliphatic hydroxyl groups is 2. The van der Waals surface area contributed by atoms with Crippen LogP contribution in [0.15, 0.2) is 0 Å². The zero-order valence-electron chi connectivity index (χ0n) is 6.81. The summed E-state index contributed by atoms with van der Waals surface area (Å²) in [4.78, 5) is 0. The number of alkyl halides is 7. The summed E-state index contributed by atoms with van der Waals surface area (Å²) >= 11 is 3.27. The molecule has 0 radical (unpaired) electrons. The van der Waals surface area contributed by atoms with Crippen LogP contribution in [0.5, 0.6) is 0 Å². The summed E-state index contributed by atoms with van der Waals surface area (Å²) in [7, 11) is 0. The molecule has 96 valence electrons. The van der Waals surface area contributed by atoms with Crippen LogP contribution in [-0.4, -0.2) is 31.8 Å². The molecule has 0 aromatic carbocycles. The van der Waals surface area contributed by atoms with Gasteiger partial charge in [-0.15, -0.1) is 0 Å². The predicted octanol–water partition coefficient (Wildman–Crippen LogP) is 3.00. The van der Waals surface area contributed by atoms with Gasteiger partial charge in [0.25, 0.3) is 0 Å². The molecule has 0 rings (SSSR count). The van der Waals surface area contributed by atoms with Crippen molar-refractivity contribution in [3.63, 3.8) is 0 Å². The van der Waals surface area contributed by atoms with Crippen molar-refractivity contribution in [2.24, 2.45) is 0 Å². The Morgan fingerprint density at radius 3 is 1.27 bits per heavy atom. The summed E-state index contributed by atoms with van der Waals surface area (Å²) in [5, 5.41) is 15.1. The Labute approximate surface area is 105 Å². The average Bonchev–Trinajstić information content (AvgIpc) is 1.80. The standard InChI is InChI=1S/C2H3F3OS.CF3I.CH4OS/c3-2(4,5)7-1-6;2-1(3,4)5;2-1-3/h6H,1H2;;2-3H,1H2. The van der Waals surface area contributed by atoms with Crippen molar-refractivity contribution < 1.29 is 36.6 Å². The Hall–Kier alpha value is 0.930. The lowest BCUT2D eigenvalue weighted by Crippen LogP contribution is -2.00. The van der Waals surface area contributed by atoms with Crippen LogP contribution in [0.2, 0.25) is 0 Å². The lowest BCUT2D eigenvalue weighted by atomic mass is 11.5. The number of rotatable bonds is 1. The van der Waals surface area contributed by atoms with Gasteiger partial charge in [0.05, 0.1) is 11.9 Å². The predicted molar refractivity (Wildman–Crippen MR) is 56.9 cm³/mol. The van der Waals surface area contributed by atoms with Crippen molar-refractivity contribution in [1.29, 1.82) is 0 Å². The van der Waals surface area contributed by atoms with E-state index in [4.69, 9.17) is 10.2 Å². The number of aliphatic hydroxyl groups excluding tert-OH is 2. The molecule has 0 spiro atoms. The van der Waals surface area contributed by atoms with Crippen LogP contribution in [-0.2, 0) is 0 Å². The molecule has 2 N–H and O–H groups in total. The van der Waals surface area contributed by atoms with E-state index in [9.17, 15) is 26.3 Å². The van der Waals surface area contributed by atoms with E-state index in [1.165, 1.54) is 0 Å². The molecule has 0 saturated carbocycles. The first-order chi connectivity index (χ1) is 6.47. The van der Waals surface area contributed by atoms with E-state index in [0.717, 1.165) is 0 Å². The minimum absolute atomic E-state index is 0.0556. The Balaban J connectivity index is -0.000000158. The smallest absolute Gasteiger partial charge is 0.386 e. The largest absolute Gasteiger partial charge is 0.443 e. The molecule has 0 fully saturated rings. The van der Waals surface area contributed by atoms with Gasteiger partial charge in [-0.3, -0.25) is 0 Å². The van der Waals surface area contributed by atoms with Gasteiger partial charge >= 0.3 is 9.69 Å². The fraction of sp³-hybridized carbons (Fsp3) is 1.00. The lowest BCUT2D eigenvalue weighted by molar-refractivity contribution is -0.0338. The molecule has 0 heterocycles. The average molecular weight is 392 g/mol. The van der Waals surface area contributed by atoms with Crippen LogP contribution in [0.3, 0.4) is 0 Å². The molecule has 2 nitrogen and oxygen atoms in total. The van der Waals surface area contributed by atoms with Gasteiger partial charge in [-0.05, 0) is 11.8 Å². The summed E-state index contributed by atoms with van der Waals surface area (Å²) in [5.41, 5.74) is -4.28. The molecule has 0 saturated heterocycles. The third-order valence-electron chi connectivity index (χ3n) is 0.228. The highest BCUT2D eigenvalue weighted by atomic mass is 127. The highest BCUT2D eigenvalue weighted by Gasteiger charge is 2.26. The first kappa shape index (κ1) is 21.2. The summed E-state index contributed by atoms with van der Waals surface area (Å²) in [6, 6.07) is 0. The van der Waals surface area contributed by atoms with E-state index in [0.29, 0.717) is 22.6 Å². The van der Waals surface area contributed by atoms with E-state index in [1.54, 1.807) is 0 Å². The number of hydrogen-bond donors (Lipinski definition) is 3.